The van der Waals surface area contributed by atoms with Crippen molar-refractivity contribution >= 4 is 11.5 Å². The van der Waals surface area contributed by atoms with E-state index in [-0.39, 0.29) is 18.5 Å². The van der Waals surface area contributed by atoms with E-state index < -0.39 is 4.92 Å². The van der Waals surface area contributed by atoms with E-state index in [1.54, 1.807) is 6.07 Å². The van der Waals surface area contributed by atoms with Gasteiger partial charge in [-0.05, 0) is 16.0 Å². The predicted octanol–water partition coefficient (Wildman–Crippen LogP) is 0.187. The van der Waals surface area contributed by atoms with Crippen molar-refractivity contribution in [2.24, 2.45) is 0 Å². The first-order valence-corrected chi connectivity index (χ1v) is 5.28. The number of morpholine rings is 1. The highest BCUT2D eigenvalue weighted by Crippen LogP contribution is 2.20. The van der Waals surface area contributed by atoms with Gasteiger partial charge in [0.25, 0.3) is 0 Å². The zero-order valence-corrected chi connectivity index (χ0v) is 9.15. The van der Waals surface area contributed by atoms with Gasteiger partial charge in [0.1, 0.15) is 0 Å². The third kappa shape index (κ3) is 2.51. The Labute approximate surface area is 97.8 Å². The SMILES string of the molecule is O=[N+]([O-])c1ccc(N2CCOCC2CO)cn1. The van der Waals surface area contributed by atoms with Crippen LogP contribution >= 0.6 is 0 Å². The van der Waals surface area contributed by atoms with Crippen LogP contribution < -0.4 is 4.90 Å². The van der Waals surface area contributed by atoms with Crippen molar-refractivity contribution < 1.29 is 14.8 Å². The molecule has 1 saturated heterocycles. The van der Waals surface area contributed by atoms with Gasteiger partial charge in [-0.3, -0.25) is 0 Å². The van der Waals surface area contributed by atoms with Gasteiger partial charge < -0.3 is 24.9 Å². The molecule has 0 aromatic carbocycles. The second kappa shape index (κ2) is 5.07. The Bertz CT molecular complexity index is 395. The minimum Gasteiger partial charge on any atom is -0.394 e. The summed E-state index contributed by atoms with van der Waals surface area (Å²) in [6.45, 7) is 1.66. The van der Waals surface area contributed by atoms with Crippen LogP contribution in [0.4, 0.5) is 11.5 Å². The van der Waals surface area contributed by atoms with E-state index in [0.29, 0.717) is 19.8 Å². The molecule has 1 N–H and O–H groups in total. The third-order valence-electron chi connectivity index (χ3n) is 2.69. The zero-order valence-electron chi connectivity index (χ0n) is 9.15. The molecule has 1 aliphatic rings. The topological polar surface area (TPSA) is 88.7 Å². The van der Waals surface area contributed by atoms with Crippen molar-refractivity contribution in [2.45, 2.75) is 6.04 Å². The lowest BCUT2D eigenvalue weighted by atomic mass is 10.2. The van der Waals surface area contributed by atoms with E-state index in [0.717, 1.165) is 5.69 Å². The maximum atomic E-state index is 10.5. The molecule has 1 aromatic rings. The first-order valence-electron chi connectivity index (χ1n) is 5.28. The summed E-state index contributed by atoms with van der Waals surface area (Å²) < 4.78 is 5.26. The van der Waals surface area contributed by atoms with E-state index in [2.05, 4.69) is 4.98 Å². The second-order valence-corrected chi connectivity index (χ2v) is 3.74. The molecule has 0 radical (unpaired) electrons. The van der Waals surface area contributed by atoms with Gasteiger partial charge in [0, 0.05) is 12.6 Å². The Hall–Kier alpha value is -1.73. The molecule has 92 valence electrons. The summed E-state index contributed by atoms with van der Waals surface area (Å²) in [5.41, 5.74) is 0.762. The van der Waals surface area contributed by atoms with Gasteiger partial charge in [0.15, 0.2) is 6.20 Å². The summed E-state index contributed by atoms with van der Waals surface area (Å²) in [6.07, 6.45) is 1.45. The highest BCUT2D eigenvalue weighted by Gasteiger charge is 2.23. The number of hydrogen-bond acceptors (Lipinski definition) is 6. The quantitative estimate of drug-likeness (QED) is 0.598. The van der Waals surface area contributed by atoms with Crippen molar-refractivity contribution in [1.29, 1.82) is 0 Å². The smallest absolute Gasteiger partial charge is 0.363 e. The molecule has 2 rings (SSSR count). The molecule has 17 heavy (non-hydrogen) atoms. The minimum absolute atomic E-state index is 0.0169. The highest BCUT2D eigenvalue weighted by molar-refractivity contribution is 5.48. The van der Waals surface area contributed by atoms with E-state index in [1.807, 2.05) is 4.90 Å². The van der Waals surface area contributed by atoms with Gasteiger partial charge in [-0.2, -0.15) is 0 Å². The summed E-state index contributed by atoms with van der Waals surface area (Å²) in [5.74, 6) is -0.178. The van der Waals surface area contributed by atoms with Crippen LogP contribution in [-0.4, -0.2) is 47.4 Å². The molecule has 0 amide bonds. The molecule has 1 atom stereocenters. The van der Waals surface area contributed by atoms with Crippen molar-refractivity contribution in [1.82, 2.24) is 4.98 Å². The third-order valence-corrected chi connectivity index (χ3v) is 2.69. The van der Waals surface area contributed by atoms with Crippen LogP contribution in [0.2, 0.25) is 0 Å². The fraction of sp³-hybridized carbons (Fsp3) is 0.500. The Balaban J connectivity index is 2.17. The Morgan fingerprint density at radius 3 is 3.06 bits per heavy atom. The maximum absolute atomic E-state index is 10.5. The van der Waals surface area contributed by atoms with Crippen LogP contribution in [0.1, 0.15) is 0 Å². The van der Waals surface area contributed by atoms with Crippen LogP contribution in [0.15, 0.2) is 18.3 Å². The Morgan fingerprint density at radius 2 is 2.47 bits per heavy atom. The molecule has 1 aromatic heterocycles. The van der Waals surface area contributed by atoms with Crippen molar-refractivity contribution in [3.63, 3.8) is 0 Å². The van der Waals surface area contributed by atoms with Crippen molar-refractivity contribution in [3.8, 4) is 0 Å². The van der Waals surface area contributed by atoms with Crippen LogP contribution in [-0.2, 0) is 4.74 Å². The predicted molar refractivity (Wildman–Crippen MR) is 59.9 cm³/mol. The van der Waals surface area contributed by atoms with E-state index in [1.165, 1.54) is 12.3 Å². The fourth-order valence-corrected chi connectivity index (χ4v) is 1.80. The summed E-state index contributed by atoms with van der Waals surface area (Å²) >= 11 is 0. The molecule has 1 aliphatic heterocycles. The number of rotatable bonds is 3. The lowest BCUT2D eigenvalue weighted by Crippen LogP contribution is -2.47. The average Bonchev–Trinajstić information content (AvgIpc) is 2.39. The van der Waals surface area contributed by atoms with Gasteiger partial charge in [0.05, 0.1) is 31.5 Å². The van der Waals surface area contributed by atoms with E-state index in [4.69, 9.17) is 4.74 Å². The van der Waals surface area contributed by atoms with Gasteiger partial charge in [-0.15, -0.1) is 0 Å². The van der Waals surface area contributed by atoms with Crippen molar-refractivity contribution in [2.75, 3.05) is 31.3 Å². The van der Waals surface area contributed by atoms with Crippen LogP contribution in [0.3, 0.4) is 0 Å². The monoisotopic (exact) mass is 239 g/mol. The number of hydrogen-bond donors (Lipinski definition) is 1. The molecule has 1 fully saturated rings. The number of nitrogens with zero attached hydrogens (tertiary/aromatic N) is 3. The Kier molecular flexibility index (Phi) is 3.50. The molecule has 7 heteroatoms. The van der Waals surface area contributed by atoms with Gasteiger partial charge in [0.2, 0.25) is 0 Å². The maximum Gasteiger partial charge on any atom is 0.363 e. The van der Waals surface area contributed by atoms with Gasteiger partial charge >= 0.3 is 5.82 Å². The molecular weight excluding hydrogens is 226 g/mol. The molecule has 0 saturated carbocycles. The summed E-state index contributed by atoms with van der Waals surface area (Å²) in [4.78, 5) is 15.6. The minimum atomic E-state index is -0.535. The average molecular weight is 239 g/mol. The van der Waals surface area contributed by atoms with Crippen molar-refractivity contribution in [3.05, 3.63) is 28.4 Å². The molecule has 2 heterocycles. The molecule has 0 bridgehead atoms. The Morgan fingerprint density at radius 1 is 1.65 bits per heavy atom. The molecule has 7 nitrogen and oxygen atoms in total. The lowest BCUT2D eigenvalue weighted by molar-refractivity contribution is -0.389. The van der Waals surface area contributed by atoms with E-state index >= 15 is 0 Å². The number of anilines is 1. The molecule has 0 aliphatic carbocycles. The second-order valence-electron chi connectivity index (χ2n) is 3.74. The zero-order chi connectivity index (χ0) is 12.3. The first-order chi connectivity index (χ1) is 8.22. The van der Waals surface area contributed by atoms with Gasteiger partial charge in [-0.1, -0.05) is 0 Å². The fourth-order valence-electron chi connectivity index (χ4n) is 1.80. The number of nitro groups is 1. The summed E-state index contributed by atoms with van der Waals surface area (Å²) in [6, 6.07) is 2.88. The number of aliphatic hydroxyl groups is 1. The number of pyridine rings is 1. The van der Waals surface area contributed by atoms with Gasteiger partial charge in [-0.25, -0.2) is 0 Å². The summed E-state index contributed by atoms with van der Waals surface area (Å²) in [7, 11) is 0. The standard InChI is InChI=1S/C10H13N3O4/c14-6-9-7-17-4-3-12(9)8-1-2-10(11-5-8)13(15)16/h1-2,5,9,14H,3-4,6-7H2. The van der Waals surface area contributed by atoms with Crippen LogP contribution in [0.25, 0.3) is 0 Å². The first kappa shape index (κ1) is 11.7. The summed E-state index contributed by atoms with van der Waals surface area (Å²) in [5, 5.41) is 19.7. The number of aliphatic hydroxyl groups excluding tert-OH is 1. The highest BCUT2D eigenvalue weighted by atomic mass is 16.6. The van der Waals surface area contributed by atoms with E-state index in [9.17, 15) is 15.2 Å². The molecule has 0 spiro atoms. The lowest BCUT2D eigenvalue weighted by Gasteiger charge is -2.35. The largest absolute Gasteiger partial charge is 0.394 e. The molecular formula is C10H13N3O4. The number of ether oxygens (including phenoxy) is 1. The van der Waals surface area contributed by atoms with Crippen LogP contribution in [0.5, 0.6) is 0 Å². The normalized spacial score (nSPS) is 20.3. The van der Waals surface area contributed by atoms with Crippen LogP contribution in [0, 0.1) is 10.1 Å². The molecule has 1 unspecified atom stereocenters. The number of aromatic nitrogens is 1.